The molecule has 1 amide bonds. The summed E-state index contributed by atoms with van der Waals surface area (Å²) < 4.78 is 26.1. The van der Waals surface area contributed by atoms with Gasteiger partial charge < -0.3 is 19.2 Å². The molecule has 1 saturated carbocycles. The van der Waals surface area contributed by atoms with E-state index in [9.17, 15) is 9.18 Å². The third-order valence-corrected chi connectivity index (χ3v) is 7.78. The molecule has 3 heterocycles. The summed E-state index contributed by atoms with van der Waals surface area (Å²) in [6.07, 6.45) is 2.00. The number of hydrogen-bond donors (Lipinski definition) is 1. The number of rotatable bonds is 5. The SMILES string of the molecule is BC(B)(B)n1c(CC(=O)N[C@H]2CCOC2)c2n(c1=S)C[C@@]1(c3cc(Br)ccc3F)C[C@@H]21. The summed E-state index contributed by atoms with van der Waals surface area (Å²) in [7, 11) is 6.33. The number of amides is 1. The Morgan fingerprint density at radius 1 is 1.42 bits per heavy atom. The normalized spacial score (nSPS) is 26.5. The average Bonchev–Trinajstić information content (AvgIpc) is 2.98. The molecule has 11 heteroatoms. The van der Waals surface area contributed by atoms with Crippen LogP contribution in [-0.2, 0) is 33.1 Å². The number of imidazole rings is 1. The third-order valence-electron chi connectivity index (χ3n) is 6.88. The molecule has 1 aromatic heterocycles. The number of aromatic nitrogens is 2. The van der Waals surface area contributed by atoms with Gasteiger partial charge in [-0.25, -0.2) is 4.39 Å². The summed E-state index contributed by atoms with van der Waals surface area (Å²) >= 11 is 9.38. The molecular formula is C20H24B3BrFN3O2S. The van der Waals surface area contributed by atoms with Gasteiger partial charge in [-0.05, 0) is 54.1 Å². The van der Waals surface area contributed by atoms with Crippen LogP contribution < -0.4 is 5.32 Å². The van der Waals surface area contributed by atoms with E-state index < -0.39 is 0 Å². The van der Waals surface area contributed by atoms with Gasteiger partial charge >= 0.3 is 0 Å². The Bertz CT molecular complexity index is 1140. The molecule has 3 aliphatic rings. The summed E-state index contributed by atoms with van der Waals surface area (Å²) in [5.41, 5.74) is 2.55. The zero-order valence-corrected chi connectivity index (χ0v) is 20.4. The molecule has 5 rings (SSSR count). The molecule has 0 radical (unpaired) electrons. The minimum absolute atomic E-state index is 0.0105. The van der Waals surface area contributed by atoms with Crippen LogP contribution in [0.4, 0.5) is 4.39 Å². The van der Waals surface area contributed by atoms with Crippen LogP contribution in [0.2, 0.25) is 0 Å². The Labute approximate surface area is 197 Å². The second-order valence-corrected chi connectivity index (χ2v) is 11.3. The van der Waals surface area contributed by atoms with E-state index in [1.807, 2.05) is 6.07 Å². The van der Waals surface area contributed by atoms with Gasteiger partial charge in [-0.2, -0.15) is 0 Å². The van der Waals surface area contributed by atoms with Gasteiger partial charge in [-0.15, -0.1) is 0 Å². The molecule has 0 bridgehead atoms. The van der Waals surface area contributed by atoms with E-state index in [0.717, 1.165) is 39.0 Å². The van der Waals surface area contributed by atoms with Crippen LogP contribution in [0.1, 0.15) is 35.7 Å². The summed E-state index contributed by atoms with van der Waals surface area (Å²) in [5.74, 6) is -0.00510. The smallest absolute Gasteiger partial charge is 0.226 e. The Hall–Kier alpha value is -1.32. The standard InChI is InChI=1S/C20H24B3BrFN3O2S/c21-20(22,23)28-15(6-16(29)26-11-3-4-30-8-11)17-13-7-19(13,9-27(17)18(28)31)12-5-10(24)1-2-14(12)25/h1-2,5,11,13H,3-4,6-9,21-23H2,(H,26,29)/t11-,13-,19+/m0/s1. The molecule has 31 heavy (non-hydrogen) atoms. The van der Waals surface area contributed by atoms with E-state index >= 15 is 0 Å². The lowest BCUT2D eigenvalue weighted by molar-refractivity contribution is -0.121. The highest BCUT2D eigenvalue weighted by atomic mass is 79.9. The predicted octanol–water partition coefficient (Wildman–Crippen LogP) is 0.274. The van der Waals surface area contributed by atoms with Crippen LogP contribution in [0, 0.1) is 10.6 Å². The van der Waals surface area contributed by atoms with Gasteiger partial charge in [-0.3, -0.25) is 4.79 Å². The van der Waals surface area contributed by atoms with Crippen molar-refractivity contribution in [3.8, 4) is 0 Å². The lowest BCUT2D eigenvalue weighted by Crippen LogP contribution is -2.40. The molecule has 3 atom stereocenters. The van der Waals surface area contributed by atoms with Gasteiger partial charge in [0, 0.05) is 40.3 Å². The number of benzene rings is 1. The molecular weight excluding hydrogens is 478 g/mol. The fourth-order valence-electron chi connectivity index (χ4n) is 5.47. The largest absolute Gasteiger partial charge is 0.379 e. The molecule has 1 N–H and O–H groups in total. The van der Waals surface area contributed by atoms with Crippen LogP contribution in [0.5, 0.6) is 0 Å². The van der Waals surface area contributed by atoms with Crippen molar-refractivity contribution in [1.29, 1.82) is 0 Å². The molecule has 0 unspecified atom stereocenters. The molecule has 160 valence electrons. The summed E-state index contributed by atoms with van der Waals surface area (Å²) in [5, 5.41) is 2.86. The Morgan fingerprint density at radius 2 is 2.19 bits per heavy atom. The number of halogens is 2. The predicted molar refractivity (Wildman–Crippen MR) is 131 cm³/mol. The highest BCUT2D eigenvalue weighted by molar-refractivity contribution is 9.10. The van der Waals surface area contributed by atoms with Crippen molar-refractivity contribution in [2.45, 2.75) is 48.4 Å². The molecule has 2 aromatic rings. The van der Waals surface area contributed by atoms with Gasteiger partial charge in [-0.1, -0.05) is 15.9 Å². The van der Waals surface area contributed by atoms with E-state index in [2.05, 4.69) is 53.9 Å². The molecule has 1 aliphatic carbocycles. The number of nitrogens with zero attached hydrogens (tertiary/aromatic N) is 2. The minimum atomic E-state index is -0.266. The number of hydrogen-bond acceptors (Lipinski definition) is 3. The van der Waals surface area contributed by atoms with E-state index in [1.54, 1.807) is 6.07 Å². The zero-order valence-electron chi connectivity index (χ0n) is 18.0. The van der Waals surface area contributed by atoms with Crippen LogP contribution in [-0.4, -0.2) is 57.8 Å². The van der Waals surface area contributed by atoms with Crippen LogP contribution in [0.15, 0.2) is 22.7 Å². The highest BCUT2D eigenvalue weighted by Gasteiger charge is 2.64. The second-order valence-electron chi connectivity index (χ2n) is 10.0. The lowest BCUT2D eigenvalue weighted by Gasteiger charge is -2.25. The van der Waals surface area contributed by atoms with Crippen molar-refractivity contribution < 1.29 is 13.9 Å². The maximum atomic E-state index is 14.8. The Morgan fingerprint density at radius 3 is 2.87 bits per heavy atom. The van der Waals surface area contributed by atoms with Crippen molar-refractivity contribution in [1.82, 2.24) is 14.5 Å². The quantitative estimate of drug-likeness (QED) is 0.473. The summed E-state index contributed by atoms with van der Waals surface area (Å²) in [6, 6.07) is 5.23. The van der Waals surface area contributed by atoms with E-state index in [4.69, 9.17) is 17.0 Å². The maximum absolute atomic E-state index is 14.8. The Balaban J connectivity index is 1.53. The lowest BCUT2D eigenvalue weighted by atomic mass is 9.49. The number of carbonyl (C=O) groups is 1. The summed E-state index contributed by atoms with van der Waals surface area (Å²) in [4.78, 5) is 12.9. The zero-order chi connectivity index (χ0) is 22.1. The van der Waals surface area contributed by atoms with Crippen LogP contribution in [0.25, 0.3) is 0 Å². The van der Waals surface area contributed by atoms with Crippen molar-refractivity contribution in [3.05, 3.63) is 50.2 Å². The number of nitrogens with one attached hydrogen (secondary N) is 1. The van der Waals surface area contributed by atoms with Gasteiger partial charge in [0.15, 0.2) is 4.77 Å². The number of carbonyl (C=O) groups excluding carboxylic acids is 1. The van der Waals surface area contributed by atoms with E-state index in [-0.39, 0.29) is 40.8 Å². The fourth-order valence-corrected chi connectivity index (χ4v) is 6.38. The molecule has 2 fully saturated rings. The minimum Gasteiger partial charge on any atom is -0.379 e. The number of fused-ring (bicyclic) bond motifs is 3. The first-order valence-electron chi connectivity index (χ1n) is 10.8. The molecule has 0 spiro atoms. The molecule has 2 aliphatic heterocycles. The average molecular weight is 502 g/mol. The maximum Gasteiger partial charge on any atom is 0.226 e. The van der Waals surface area contributed by atoms with Crippen molar-refractivity contribution in [2.75, 3.05) is 13.2 Å². The number of ether oxygens (including phenoxy) is 1. The third kappa shape index (κ3) is 3.47. The van der Waals surface area contributed by atoms with Crippen molar-refractivity contribution in [2.24, 2.45) is 0 Å². The van der Waals surface area contributed by atoms with Gasteiger partial charge in [0.05, 0.1) is 19.1 Å². The first-order chi connectivity index (χ1) is 14.6. The van der Waals surface area contributed by atoms with Crippen LogP contribution in [0.3, 0.4) is 0 Å². The van der Waals surface area contributed by atoms with Crippen molar-refractivity contribution in [3.63, 3.8) is 0 Å². The topological polar surface area (TPSA) is 48.2 Å². The monoisotopic (exact) mass is 501 g/mol. The second kappa shape index (κ2) is 7.35. The van der Waals surface area contributed by atoms with Crippen molar-refractivity contribution >= 4 is 57.6 Å². The summed E-state index contributed by atoms with van der Waals surface area (Å²) in [6.45, 7) is 1.92. The van der Waals surface area contributed by atoms with E-state index in [1.165, 1.54) is 6.07 Å². The molecule has 1 saturated heterocycles. The molecule has 5 nitrogen and oxygen atoms in total. The van der Waals surface area contributed by atoms with Gasteiger partial charge in [0.1, 0.15) is 29.4 Å². The van der Waals surface area contributed by atoms with Gasteiger partial charge in [0.2, 0.25) is 5.91 Å². The van der Waals surface area contributed by atoms with Crippen LogP contribution >= 0.6 is 28.1 Å². The first-order valence-corrected chi connectivity index (χ1v) is 12.0. The fraction of sp³-hybridized carbons (Fsp3) is 0.500. The van der Waals surface area contributed by atoms with Gasteiger partial charge in [0.25, 0.3) is 0 Å². The first kappa shape index (κ1) is 21.5. The highest BCUT2D eigenvalue weighted by Crippen LogP contribution is 2.67. The Kier molecular flexibility index (Phi) is 5.11. The molecule has 1 aromatic carbocycles. The van der Waals surface area contributed by atoms with E-state index in [0.29, 0.717) is 19.8 Å².